The number of halogens is 2. The van der Waals surface area contributed by atoms with Crippen LogP contribution in [0.4, 0.5) is 4.39 Å². The van der Waals surface area contributed by atoms with Crippen molar-refractivity contribution in [3.63, 3.8) is 0 Å². The van der Waals surface area contributed by atoms with Crippen molar-refractivity contribution in [2.75, 3.05) is 7.05 Å². The minimum atomic E-state index is -0.371. The van der Waals surface area contributed by atoms with E-state index in [0.717, 1.165) is 11.1 Å². The van der Waals surface area contributed by atoms with Crippen LogP contribution in [0, 0.1) is 5.82 Å². The monoisotopic (exact) mass is 305 g/mol. The van der Waals surface area contributed by atoms with Gasteiger partial charge in [-0.1, -0.05) is 23.7 Å². The van der Waals surface area contributed by atoms with Gasteiger partial charge in [0, 0.05) is 10.6 Å². The molecule has 0 bridgehead atoms. The van der Waals surface area contributed by atoms with Gasteiger partial charge in [-0.3, -0.25) is 0 Å². The number of benzene rings is 2. The molecule has 6 heteroatoms. The van der Waals surface area contributed by atoms with E-state index in [1.165, 1.54) is 6.07 Å². The molecule has 3 N–H and O–H groups in total. The Morgan fingerprint density at radius 1 is 1.14 bits per heavy atom. The highest BCUT2D eigenvalue weighted by molar-refractivity contribution is 6.30. The van der Waals surface area contributed by atoms with Gasteiger partial charge in [-0.2, -0.15) is 0 Å². The molecule has 0 aliphatic carbocycles. The van der Waals surface area contributed by atoms with Crippen LogP contribution in [0.2, 0.25) is 5.02 Å². The van der Waals surface area contributed by atoms with E-state index >= 15 is 0 Å². The number of aromatic nitrogens is 2. The fraction of sp³-hybridized carbons (Fsp3) is 0.133. The third-order valence-electron chi connectivity index (χ3n) is 3.44. The third kappa shape index (κ3) is 2.57. The summed E-state index contributed by atoms with van der Waals surface area (Å²) in [6.45, 7) is 0. The fourth-order valence-electron chi connectivity index (χ4n) is 2.47. The zero-order valence-corrected chi connectivity index (χ0v) is 12.0. The second kappa shape index (κ2) is 5.35. The summed E-state index contributed by atoms with van der Waals surface area (Å²) in [5.41, 5.74) is 2.49. The Morgan fingerprint density at radius 3 is 2.62 bits per heavy atom. The van der Waals surface area contributed by atoms with Crippen LogP contribution >= 0.6 is 11.6 Å². The molecule has 0 radical (unpaired) electrons. The summed E-state index contributed by atoms with van der Waals surface area (Å²) in [4.78, 5) is 16.7. The molecule has 0 amide bonds. The van der Waals surface area contributed by atoms with E-state index < -0.39 is 0 Å². The number of hydrogen-bond acceptors (Lipinski definition) is 2. The number of fused-ring (bicyclic) bond motifs is 1. The Kier molecular flexibility index (Phi) is 3.53. The van der Waals surface area contributed by atoms with Gasteiger partial charge in [0.2, 0.25) is 0 Å². The maximum absolute atomic E-state index is 14.1. The van der Waals surface area contributed by atoms with Crippen LogP contribution in [-0.4, -0.2) is 17.0 Å². The molecule has 4 nitrogen and oxygen atoms in total. The van der Waals surface area contributed by atoms with Gasteiger partial charge in [0.15, 0.2) is 0 Å². The van der Waals surface area contributed by atoms with Crippen LogP contribution in [0.15, 0.2) is 41.2 Å². The number of hydrogen-bond donors (Lipinski definition) is 3. The van der Waals surface area contributed by atoms with E-state index in [4.69, 9.17) is 11.6 Å². The first-order chi connectivity index (χ1) is 10.1. The van der Waals surface area contributed by atoms with Crippen molar-refractivity contribution in [3.05, 3.63) is 68.8 Å². The maximum Gasteiger partial charge on any atom is 0.323 e. The standard InChI is InChI=1S/C15H13ClFN3O/c1-18-14(10-4-3-9(16)7-11(10)17)8-2-5-12-13(6-8)20-15(21)19-12/h2-7,14,18H,1H3,(H2,19,20,21). The van der Waals surface area contributed by atoms with Gasteiger partial charge in [-0.05, 0) is 36.9 Å². The zero-order valence-electron chi connectivity index (χ0n) is 11.2. The summed E-state index contributed by atoms with van der Waals surface area (Å²) in [5, 5.41) is 3.44. The van der Waals surface area contributed by atoms with E-state index in [0.29, 0.717) is 16.1 Å². The van der Waals surface area contributed by atoms with Crippen molar-refractivity contribution in [1.29, 1.82) is 0 Å². The lowest BCUT2D eigenvalue weighted by Crippen LogP contribution is -2.18. The molecule has 1 atom stereocenters. The van der Waals surface area contributed by atoms with Crippen LogP contribution < -0.4 is 11.0 Å². The van der Waals surface area contributed by atoms with E-state index in [1.807, 2.05) is 12.1 Å². The molecular formula is C15H13ClFN3O. The molecular weight excluding hydrogens is 293 g/mol. The molecule has 2 aromatic carbocycles. The highest BCUT2D eigenvalue weighted by atomic mass is 35.5. The lowest BCUT2D eigenvalue weighted by atomic mass is 9.98. The minimum Gasteiger partial charge on any atom is -0.309 e. The molecule has 0 fully saturated rings. The molecule has 1 aromatic heterocycles. The van der Waals surface area contributed by atoms with E-state index in [1.54, 1.807) is 25.2 Å². The summed E-state index contributed by atoms with van der Waals surface area (Å²) in [7, 11) is 1.75. The highest BCUT2D eigenvalue weighted by Gasteiger charge is 2.17. The molecule has 0 aliphatic rings. The van der Waals surface area contributed by atoms with Gasteiger partial charge in [0.1, 0.15) is 5.82 Å². The molecule has 21 heavy (non-hydrogen) atoms. The van der Waals surface area contributed by atoms with Crippen molar-refractivity contribution >= 4 is 22.6 Å². The number of nitrogens with one attached hydrogen (secondary N) is 3. The number of aromatic amines is 2. The van der Waals surface area contributed by atoms with Gasteiger partial charge in [-0.15, -0.1) is 0 Å². The van der Waals surface area contributed by atoms with Crippen LogP contribution in [0.25, 0.3) is 11.0 Å². The summed E-state index contributed by atoms with van der Waals surface area (Å²) < 4.78 is 14.1. The van der Waals surface area contributed by atoms with Crippen LogP contribution in [0.1, 0.15) is 17.2 Å². The highest BCUT2D eigenvalue weighted by Crippen LogP contribution is 2.27. The minimum absolute atomic E-state index is 0.263. The Morgan fingerprint density at radius 2 is 1.90 bits per heavy atom. The Labute approximate surface area is 125 Å². The Hall–Kier alpha value is -2.11. The SMILES string of the molecule is CNC(c1ccc2[nH]c(=O)[nH]c2c1)c1ccc(Cl)cc1F. The first-order valence-electron chi connectivity index (χ1n) is 6.42. The molecule has 3 rings (SSSR count). The Balaban J connectivity index is 2.10. The smallest absolute Gasteiger partial charge is 0.309 e. The summed E-state index contributed by atoms with van der Waals surface area (Å²) in [6, 6.07) is 9.73. The number of imidazole rings is 1. The van der Waals surface area contributed by atoms with Gasteiger partial charge in [0.05, 0.1) is 17.1 Å². The van der Waals surface area contributed by atoms with Crippen molar-refractivity contribution in [1.82, 2.24) is 15.3 Å². The van der Waals surface area contributed by atoms with Gasteiger partial charge >= 0.3 is 5.69 Å². The summed E-state index contributed by atoms with van der Waals surface area (Å²) in [6.07, 6.45) is 0. The van der Waals surface area contributed by atoms with Crippen molar-refractivity contribution < 1.29 is 4.39 Å². The van der Waals surface area contributed by atoms with Crippen molar-refractivity contribution in [3.8, 4) is 0 Å². The average Bonchev–Trinajstić information content (AvgIpc) is 2.81. The largest absolute Gasteiger partial charge is 0.323 e. The average molecular weight is 306 g/mol. The second-order valence-electron chi connectivity index (χ2n) is 4.77. The first-order valence-corrected chi connectivity index (χ1v) is 6.80. The van der Waals surface area contributed by atoms with Crippen LogP contribution in [0.3, 0.4) is 0 Å². The summed E-state index contributed by atoms with van der Waals surface area (Å²) in [5.74, 6) is -0.371. The number of H-pyrrole nitrogens is 2. The van der Waals surface area contributed by atoms with Gasteiger partial charge in [-0.25, -0.2) is 9.18 Å². The summed E-state index contributed by atoms with van der Waals surface area (Å²) >= 11 is 5.79. The predicted molar refractivity (Wildman–Crippen MR) is 81.2 cm³/mol. The zero-order chi connectivity index (χ0) is 15.0. The van der Waals surface area contributed by atoms with Crippen molar-refractivity contribution in [2.24, 2.45) is 0 Å². The Bertz CT molecular complexity index is 855. The molecule has 0 saturated heterocycles. The molecule has 1 unspecified atom stereocenters. The first kappa shape index (κ1) is 13.9. The quantitative estimate of drug-likeness (QED) is 0.697. The molecule has 3 aromatic rings. The van der Waals surface area contributed by atoms with Crippen LogP contribution in [-0.2, 0) is 0 Å². The second-order valence-corrected chi connectivity index (χ2v) is 5.21. The lowest BCUT2D eigenvalue weighted by Gasteiger charge is -2.18. The molecule has 0 aliphatic heterocycles. The molecule has 108 valence electrons. The van der Waals surface area contributed by atoms with E-state index in [2.05, 4.69) is 15.3 Å². The molecule has 0 saturated carbocycles. The molecule has 0 spiro atoms. The maximum atomic E-state index is 14.1. The van der Waals surface area contributed by atoms with Gasteiger partial charge < -0.3 is 15.3 Å². The van der Waals surface area contributed by atoms with E-state index in [-0.39, 0.29) is 17.5 Å². The molecule has 1 heterocycles. The fourth-order valence-corrected chi connectivity index (χ4v) is 2.63. The van der Waals surface area contributed by atoms with E-state index in [9.17, 15) is 9.18 Å². The lowest BCUT2D eigenvalue weighted by molar-refractivity contribution is 0.576. The third-order valence-corrected chi connectivity index (χ3v) is 3.67. The topological polar surface area (TPSA) is 60.7 Å². The van der Waals surface area contributed by atoms with Crippen LogP contribution in [0.5, 0.6) is 0 Å². The predicted octanol–water partition coefficient (Wildman–Crippen LogP) is 2.96. The number of rotatable bonds is 3. The van der Waals surface area contributed by atoms with Gasteiger partial charge in [0.25, 0.3) is 0 Å². The normalized spacial score (nSPS) is 12.7. The van der Waals surface area contributed by atoms with Crippen molar-refractivity contribution in [2.45, 2.75) is 6.04 Å².